The zero-order valence-corrected chi connectivity index (χ0v) is 16.0. The average molecular weight is 408 g/mol. The standard InChI is InChI=1S/C24H17N2O.Ni/c27-23-7-2-1-5-19(23)22-13-12-17-10-8-16-9-11-18(15-20(16)24(17)26-22)21-6-3-4-14-25-21;/h1-7,9,11-14,27H,8,10H2;/q-1;. The van der Waals surface area contributed by atoms with E-state index in [4.69, 9.17) is 4.98 Å². The molecule has 0 amide bonds. The second-order valence-electron chi connectivity index (χ2n) is 6.71. The predicted molar refractivity (Wildman–Crippen MR) is 106 cm³/mol. The maximum Gasteiger partial charge on any atom is 0.124 e. The smallest absolute Gasteiger partial charge is 0.124 e. The van der Waals surface area contributed by atoms with Crippen LogP contribution in [0.25, 0.3) is 33.8 Å². The maximum atomic E-state index is 10.2. The molecule has 2 heterocycles. The minimum Gasteiger partial charge on any atom is -0.507 e. The minimum atomic E-state index is 0. The summed E-state index contributed by atoms with van der Waals surface area (Å²) in [6, 6.07) is 25.1. The fourth-order valence-corrected chi connectivity index (χ4v) is 3.63. The van der Waals surface area contributed by atoms with Gasteiger partial charge in [0, 0.05) is 39.6 Å². The Morgan fingerprint density at radius 1 is 0.786 bits per heavy atom. The summed E-state index contributed by atoms with van der Waals surface area (Å²) in [5.74, 6) is 0.243. The summed E-state index contributed by atoms with van der Waals surface area (Å²) in [5.41, 5.74) is 7.86. The van der Waals surface area contributed by atoms with Crippen LogP contribution in [0, 0.1) is 6.07 Å². The molecule has 140 valence electrons. The number of benzene rings is 2. The minimum absolute atomic E-state index is 0. The first-order valence-corrected chi connectivity index (χ1v) is 9.05. The number of aromatic nitrogens is 2. The predicted octanol–water partition coefficient (Wildman–Crippen LogP) is 5.08. The van der Waals surface area contributed by atoms with Crippen molar-refractivity contribution in [3.05, 3.63) is 90.1 Å². The second-order valence-corrected chi connectivity index (χ2v) is 6.71. The zero-order chi connectivity index (χ0) is 18.2. The number of rotatable bonds is 2. The molecule has 0 aliphatic heterocycles. The number of hydrogen-bond donors (Lipinski definition) is 1. The first-order chi connectivity index (χ1) is 13.3. The van der Waals surface area contributed by atoms with Crippen LogP contribution >= 0.6 is 0 Å². The molecule has 0 radical (unpaired) electrons. The van der Waals surface area contributed by atoms with Gasteiger partial charge >= 0.3 is 0 Å². The largest absolute Gasteiger partial charge is 0.507 e. The molecule has 0 saturated carbocycles. The fraction of sp³-hybridized carbons (Fsp3) is 0.0833. The molecule has 28 heavy (non-hydrogen) atoms. The number of phenols is 1. The van der Waals surface area contributed by atoms with E-state index in [1.165, 1.54) is 11.1 Å². The van der Waals surface area contributed by atoms with Crippen molar-refractivity contribution in [3.8, 4) is 39.5 Å². The van der Waals surface area contributed by atoms with Crippen molar-refractivity contribution in [2.75, 3.05) is 0 Å². The Labute approximate surface area is 174 Å². The average Bonchev–Trinajstić information content (AvgIpc) is 2.74. The zero-order valence-electron chi connectivity index (χ0n) is 15.0. The van der Waals surface area contributed by atoms with E-state index in [1.807, 2.05) is 42.5 Å². The van der Waals surface area contributed by atoms with Crippen molar-refractivity contribution in [3.63, 3.8) is 0 Å². The van der Waals surface area contributed by atoms with Crippen molar-refractivity contribution < 1.29 is 21.6 Å². The van der Waals surface area contributed by atoms with E-state index >= 15 is 0 Å². The Bertz CT molecular complexity index is 1140. The summed E-state index contributed by atoms with van der Waals surface area (Å²) in [6.45, 7) is 0. The number of fused-ring (bicyclic) bond motifs is 3. The molecule has 5 rings (SSSR count). The van der Waals surface area contributed by atoms with Gasteiger partial charge in [-0.25, -0.2) is 0 Å². The number of aryl methyl sites for hydroxylation is 2. The van der Waals surface area contributed by atoms with Gasteiger partial charge in [0.15, 0.2) is 0 Å². The monoisotopic (exact) mass is 407 g/mol. The van der Waals surface area contributed by atoms with E-state index in [0.717, 1.165) is 46.6 Å². The molecule has 4 heteroatoms. The van der Waals surface area contributed by atoms with Gasteiger partial charge in [0.2, 0.25) is 0 Å². The van der Waals surface area contributed by atoms with Crippen LogP contribution < -0.4 is 0 Å². The summed E-state index contributed by atoms with van der Waals surface area (Å²) in [5, 5.41) is 10.2. The van der Waals surface area contributed by atoms with E-state index in [9.17, 15) is 5.11 Å². The Kier molecular flexibility index (Phi) is 4.98. The van der Waals surface area contributed by atoms with Crippen LogP contribution in [0.4, 0.5) is 0 Å². The van der Waals surface area contributed by atoms with Gasteiger partial charge in [0.1, 0.15) is 5.75 Å². The summed E-state index contributed by atoms with van der Waals surface area (Å²) >= 11 is 0. The van der Waals surface area contributed by atoms with Crippen LogP contribution in [0.1, 0.15) is 11.1 Å². The summed E-state index contributed by atoms with van der Waals surface area (Å²) < 4.78 is 0. The number of nitrogens with zero attached hydrogens (tertiary/aromatic N) is 2. The van der Waals surface area contributed by atoms with Crippen molar-refractivity contribution in [2.24, 2.45) is 0 Å². The molecule has 3 nitrogen and oxygen atoms in total. The number of hydrogen-bond acceptors (Lipinski definition) is 3. The van der Waals surface area contributed by atoms with E-state index in [-0.39, 0.29) is 22.2 Å². The van der Waals surface area contributed by atoms with Gasteiger partial charge in [-0.15, -0.1) is 23.8 Å². The molecule has 0 bridgehead atoms. The number of phenolic OH excluding ortho intramolecular Hbond substituents is 1. The van der Waals surface area contributed by atoms with E-state index in [2.05, 4.69) is 29.2 Å². The molecule has 1 N–H and O–H groups in total. The molecule has 4 aromatic rings. The molecular formula is C24H17N2NiO-. The normalized spacial score (nSPS) is 11.9. The summed E-state index contributed by atoms with van der Waals surface area (Å²) in [4.78, 5) is 9.35. The van der Waals surface area contributed by atoms with Gasteiger partial charge in [0.25, 0.3) is 0 Å². The first-order valence-electron chi connectivity index (χ1n) is 9.05. The third-order valence-corrected chi connectivity index (χ3v) is 5.03. The number of para-hydroxylation sites is 1. The Balaban J connectivity index is 0.00000192. The maximum absolute atomic E-state index is 10.2. The molecule has 2 aromatic heterocycles. The van der Waals surface area contributed by atoms with Crippen LogP contribution in [0.5, 0.6) is 5.75 Å². The van der Waals surface area contributed by atoms with Crippen molar-refractivity contribution in [1.29, 1.82) is 0 Å². The number of pyridine rings is 2. The van der Waals surface area contributed by atoms with Crippen LogP contribution in [0.15, 0.2) is 72.9 Å². The Hall–Kier alpha value is -2.97. The second kappa shape index (κ2) is 7.57. The van der Waals surface area contributed by atoms with Crippen LogP contribution in [0.3, 0.4) is 0 Å². The molecule has 2 aromatic carbocycles. The van der Waals surface area contributed by atoms with Crippen molar-refractivity contribution in [1.82, 2.24) is 9.97 Å². The summed E-state index contributed by atoms with van der Waals surface area (Å²) in [6.07, 6.45) is 3.75. The topological polar surface area (TPSA) is 46.0 Å². The van der Waals surface area contributed by atoms with E-state index in [1.54, 1.807) is 12.3 Å². The number of aromatic hydroxyl groups is 1. The van der Waals surface area contributed by atoms with E-state index < -0.39 is 0 Å². The van der Waals surface area contributed by atoms with Gasteiger partial charge in [-0.3, -0.25) is 9.97 Å². The molecule has 1 aliphatic carbocycles. The molecule has 0 fully saturated rings. The molecule has 0 unspecified atom stereocenters. The molecule has 1 aliphatic rings. The molecule has 0 saturated heterocycles. The van der Waals surface area contributed by atoms with Gasteiger partial charge in [-0.05, 0) is 30.7 Å². The molecular weight excluding hydrogens is 391 g/mol. The SMILES string of the molecule is Oc1ccccc1-c1ccc2c(n1)-c1[c-]c(-c3ccccn3)ccc1CC2.[Ni]. The first kappa shape index (κ1) is 18.4. The van der Waals surface area contributed by atoms with Crippen LogP contribution in [0.2, 0.25) is 0 Å². The Morgan fingerprint density at radius 3 is 2.39 bits per heavy atom. The van der Waals surface area contributed by atoms with Gasteiger partial charge in [-0.1, -0.05) is 53.4 Å². The quantitative estimate of drug-likeness (QED) is 0.372. The molecule has 0 atom stereocenters. The Morgan fingerprint density at radius 2 is 1.57 bits per heavy atom. The van der Waals surface area contributed by atoms with Gasteiger partial charge < -0.3 is 5.11 Å². The van der Waals surface area contributed by atoms with Crippen LogP contribution in [-0.4, -0.2) is 15.1 Å². The third-order valence-electron chi connectivity index (χ3n) is 5.03. The van der Waals surface area contributed by atoms with Crippen LogP contribution in [-0.2, 0) is 29.3 Å². The fourth-order valence-electron chi connectivity index (χ4n) is 3.63. The molecule has 0 spiro atoms. The third kappa shape index (κ3) is 3.21. The van der Waals surface area contributed by atoms with Gasteiger partial charge in [-0.2, -0.15) is 0 Å². The van der Waals surface area contributed by atoms with E-state index in [0.29, 0.717) is 0 Å². The van der Waals surface area contributed by atoms with Crippen molar-refractivity contribution in [2.45, 2.75) is 12.8 Å². The van der Waals surface area contributed by atoms with Crippen molar-refractivity contribution >= 4 is 0 Å². The van der Waals surface area contributed by atoms with Gasteiger partial charge in [0.05, 0.1) is 5.69 Å². The summed E-state index contributed by atoms with van der Waals surface area (Å²) in [7, 11) is 0.